The van der Waals surface area contributed by atoms with Gasteiger partial charge >= 0.3 is 0 Å². The number of hydrogen-bond donors (Lipinski definition) is 0. The van der Waals surface area contributed by atoms with Crippen molar-refractivity contribution in [2.75, 3.05) is 6.54 Å². The summed E-state index contributed by atoms with van der Waals surface area (Å²) in [5.41, 5.74) is 2.38. The van der Waals surface area contributed by atoms with Gasteiger partial charge in [-0.15, -0.1) is 6.58 Å². The Morgan fingerprint density at radius 3 is 2.83 bits per heavy atom. The lowest BCUT2D eigenvalue weighted by molar-refractivity contribution is 0.283. The van der Waals surface area contributed by atoms with Crippen LogP contribution in [0.15, 0.2) is 76.9 Å². The molecule has 2 aromatic heterocycles. The molecule has 0 amide bonds. The fourth-order valence-electron chi connectivity index (χ4n) is 2.59. The maximum Gasteiger partial charge on any atom is 0.197 e. The van der Waals surface area contributed by atoms with Gasteiger partial charge in [0, 0.05) is 37.6 Å². The molecule has 4 heteroatoms. The Bertz CT molecular complexity index is 856. The van der Waals surface area contributed by atoms with E-state index in [0.717, 1.165) is 5.56 Å². The highest BCUT2D eigenvalue weighted by Gasteiger charge is 2.11. The van der Waals surface area contributed by atoms with Crippen LogP contribution in [0, 0.1) is 0 Å². The van der Waals surface area contributed by atoms with Crippen molar-refractivity contribution in [2.45, 2.75) is 13.1 Å². The Kier molecular flexibility index (Phi) is 4.64. The zero-order chi connectivity index (χ0) is 16.1. The number of aromatic nitrogens is 1. The Labute approximate surface area is 134 Å². The van der Waals surface area contributed by atoms with Crippen molar-refractivity contribution < 1.29 is 4.42 Å². The number of nitrogens with zero attached hydrogens (tertiary/aromatic N) is 2. The summed E-state index contributed by atoms with van der Waals surface area (Å²) in [6.45, 7) is 5.69. The number of rotatable bonds is 6. The molecule has 23 heavy (non-hydrogen) atoms. The Hall–Kier alpha value is -2.72. The smallest absolute Gasteiger partial charge is 0.197 e. The van der Waals surface area contributed by atoms with Gasteiger partial charge in [-0.3, -0.25) is 14.7 Å². The molecule has 0 saturated heterocycles. The van der Waals surface area contributed by atoms with Gasteiger partial charge in [-0.25, -0.2) is 0 Å². The standard InChI is InChI=1S/C19H18N2O2/c1-2-10-21(12-15-6-5-9-20-11-15)13-16-14-23-18-8-4-3-7-17(18)19(16)22/h2-9,11,14H,1,10,12-13H2. The second kappa shape index (κ2) is 7.03. The SMILES string of the molecule is C=CCN(Cc1cccnc1)Cc1coc2ccccc2c1=O. The van der Waals surface area contributed by atoms with E-state index in [4.69, 9.17) is 4.42 Å². The van der Waals surface area contributed by atoms with Gasteiger partial charge in [0.2, 0.25) is 0 Å². The predicted molar refractivity (Wildman–Crippen MR) is 91.0 cm³/mol. The fraction of sp³-hybridized carbons (Fsp3) is 0.158. The van der Waals surface area contributed by atoms with Gasteiger partial charge in [-0.1, -0.05) is 24.3 Å². The Balaban J connectivity index is 1.87. The van der Waals surface area contributed by atoms with E-state index >= 15 is 0 Å². The molecule has 0 aliphatic heterocycles. The molecule has 0 N–H and O–H groups in total. The number of fused-ring (bicyclic) bond motifs is 1. The molecule has 0 bridgehead atoms. The second-order valence-electron chi connectivity index (χ2n) is 5.41. The molecule has 0 radical (unpaired) electrons. The lowest BCUT2D eigenvalue weighted by atomic mass is 10.1. The van der Waals surface area contributed by atoms with Crippen molar-refractivity contribution in [3.8, 4) is 0 Å². The quantitative estimate of drug-likeness (QED) is 0.655. The summed E-state index contributed by atoms with van der Waals surface area (Å²) in [6, 6.07) is 11.2. The summed E-state index contributed by atoms with van der Waals surface area (Å²) >= 11 is 0. The summed E-state index contributed by atoms with van der Waals surface area (Å²) in [6.07, 6.45) is 6.97. The minimum absolute atomic E-state index is 0.0205. The molecular weight excluding hydrogens is 288 g/mol. The number of para-hydroxylation sites is 1. The molecule has 0 fully saturated rings. The lowest BCUT2D eigenvalue weighted by Crippen LogP contribution is -2.26. The Morgan fingerprint density at radius 1 is 1.17 bits per heavy atom. The van der Waals surface area contributed by atoms with Crippen molar-refractivity contribution in [3.05, 3.63) is 89.1 Å². The maximum atomic E-state index is 12.6. The van der Waals surface area contributed by atoms with Crippen LogP contribution >= 0.6 is 0 Å². The minimum atomic E-state index is 0.0205. The van der Waals surface area contributed by atoms with Crippen molar-refractivity contribution in [1.82, 2.24) is 9.88 Å². The van der Waals surface area contributed by atoms with Gasteiger partial charge in [0.1, 0.15) is 5.58 Å². The van der Waals surface area contributed by atoms with Crippen molar-refractivity contribution in [2.24, 2.45) is 0 Å². The van der Waals surface area contributed by atoms with Gasteiger partial charge in [0.05, 0.1) is 11.6 Å². The summed E-state index contributed by atoms with van der Waals surface area (Å²) in [5, 5.41) is 0.616. The molecular formula is C19H18N2O2. The van der Waals surface area contributed by atoms with Gasteiger partial charge in [-0.05, 0) is 23.8 Å². The van der Waals surface area contributed by atoms with Crippen molar-refractivity contribution >= 4 is 11.0 Å². The van der Waals surface area contributed by atoms with Crippen molar-refractivity contribution in [1.29, 1.82) is 0 Å². The van der Waals surface area contributed by atoms with E-state index in [1.807, 2.05) is 36.5 Å². The molecule has 0 saturated carbocycles. The lowest BCUT2D eigenvalue weighted by Gasteiger charge is -2.20. The van der Waals surface area contributed by atoms with Crippen LogP contribution in [0.1, 0.15) is 11.1 Å². The third kappa shape index (κ3) is 3.55. The monoisotopic (exact) mass is 306 g/mol. The molecule has 3 rings (SSSR count). The molecule has 116 valence electrons. The van der Waals surface area contributed by atoms with Crippen LogP contribution in [0.4, 0.5) is 0 Å². The summed E-state index contributed by atoms with van der Waals surface area (Å²) in [7, 11) is 0. The first-order valence-corrected chi connectivity index (χ1v) is 7.49. The van der Waals surface area contributed by atoms with Crippen LogP contribution in [0.2, 0.25) is 0 Å². The molecule has 0 atom stereocenters. The summed E-state index contributed by atoms with van der Waals surface area (Å²) < 4.78 is 5.59. The average molecular weight is 306 g/mol. The van der Waals surface area contributed by atoms with Crippen LogP contribution in [-0.2, 0) is 13.1 Å². The molecule has 0 spiro atoms. The maximum absolute atomic E-state index is 12.6. The van der Waals surface area contributed by atoms with E-state index in [1.165, 1.54) is 0 Å². The number of hydrogen-bond acceptors (Lipinski definition) is 4. The molecule has 3 aromatic rings. The third-order valence-electron chi connectivity index (χ3n) is 3.66. The van der Waals surface area contributed by atoms with E-state index in [0.29, 0.717) is 36.2 Å². The van der Waals surface area contributed by atoms with Gasteiger partial charge < -0.3 is 4.42 Å². The van der Waals surface area contributed by atoms with Crippen LogP contribution in [0.3, 0.4) is 0 Å². The summed E-state index contributed by atoms with van der Waals surface area (Å²) in [5.74, 6) is 0. The predicted octanol–water partition coefficient (Wildman–Crippen LogP) is 3.38. The topological polar surface area (TPSA) is 46.3 Å². The fourth-order valence-corrected chi connectivity index (χ4v) is 2.59. The van der Waals surface area contributed by atoms with Gasteiger partial charge in [0.15, 0.2) is 5.43 Å². The molecule has 0 aliphatic rings. The molecule has 0 aliphatic carbocycles. The van der Waals surface area contributed by atoms with Crippen molar-refractivity contribution in [3.63, 3.8) is 0 Å². The first-order valence-electron chi connectivity index (χ1n) is 7.49. The highest BCUT2D eigenvalue weighted by molar-refractivity contribution is 5.76. The summed E-state index contributed by atoms with van der Waals surface area (Å²) in [4.78, 5) is 18.9. The highest BCUT2D eigenvalue weighted by Crippen LogP contribution is 2.13. The second-order valence-corrected chi connectivity index (χ2v) is 5.41. The molecule has 2 heterocycles. The van der Waals surface area contributed by atoms with E-state index < -0.39 is 0 Å². The Morgan fingerprint density at radius 2 is 2.04 bits per heavy atom. The van der Waals surface area contributed by atoms with Crippen LogP contribution < -0.4 is 5.43 Å². The zero-order valence-electron chi connectivity index (χ0n) is 12.8. The first-order chi connectivity index (χ1) is 11.3. The van der Waals surface area contributed by atoms with Crippen LogP contribution in [-0.4, -0.2) is 16.4 Å². The van der Waals surface area contributed by atoms with E-state index in [1.54, 1.807) is 24.6 Å². The number of benzene rings is 1. The third-order valence-corrected chi connectivity index (χ3v) is 3.66. The number of pyridine rings is 1. The van der Waals surface area contributed by atoms with E-state index in [2.05, 4.69) is 16.5 Å². The first kappa shape index (κ1) is 15.2. The molecule has 4 nitrogen and oxygen atoms in total. The molecule has 0 unspecified atom stereocenters. The largest absolute Gasteiger partial charge is 0.464 e. The average Bonchev–Trinajstić information content (AvgIpc) is 2.59. The van der Waals surface area contributed by atoms with E-state index in [9.17, 15) is 4.79 Å². The normalized spacial score (nSPS) is 11.0. The zero-order valence-corrected chi connectivity index (χ0v) is 12.8. The van der Waals surface area contributed by atoms with Crippen LogP contribution in [0.5, 0.6) is 0 Å². The minimum Gasteiger partial charge on any atom is -0.464 e. The van der Waals surface area contributed by atoms with Crippen LogP contribution in [0.25, 0.3) is 11.0 Å². The van der Waals surface area contributed by atoms with Gasteiger partial charge in [-0.2, -0.15) is 0 Å². The molecule has 1 aromatic carbocycles. The highest BCUT2D eigenvalue weighted by atomic mass is 16.3. The van der Waals surface area contributed by atoms with Gasteiger partial charge in [0.25, 0.3) is 0 Å². The van der Waals surface area contributed by atoms with E-state index in [-0.39, 0.29) is 5.43 Å².